The van der Waals surface area contributed by atoms with Crippen LogP contribution >= 0.6 is 12.2 Å². The van der Waals surface area contributed by atoms with Crippen LogP contribution in [0.3, 0.4) is 0 Å². The van der Waals surface area contributed by atoms with E-state index in [1.54, 1.807) is 20.8 Å². The second kappa shape index (κ2) is 7.62. The second-order valence-electron chi connectivity index (χ2n) is 8.44. The lowest BCUT2D eigenvalue weighted by Crippen LogP contribution is -2.67. The normalized spacial score (nSPS) is 19.6. The number of nitrogens with zero attached hydrogens (tertiary/aromatic N) is 3. The first kappa shape index (κ1) is 20.4. The zero-order valence-electron chi connectivity index (χ0n) is 16.5. The molecule has 1 aromatic rings. The molecule has 8 nitrogen and oxygen atoms in total. The quantitative estimate of drug-likeness (QED) is 0.595. The van der Waals surface area contributed by atoms with Crippen molar-refractivity contribution in [1.29, 1.82) is 0 Å². The molecular formula is C19H26N4O4S. The molecular weight excluding hydrogens is 380 g/mol. The smallest absolute Gasteiger partial charge is 0.417 e. The standard InChI is InChI=1S/C19H26N4O4S/c1-18(2,3)27-17(26)22-12-19(7-5-4-6-8-19)23(10-14(22)25)15-13(11-24)9-20-16(28)21-15/h9,11H,4-8,10,12H2,1-3H3,(H,20,21,28). The number of hydrogen-bond donors (Lipinski definition) is 1. The van der Waals surface area contributed by atoms with Crippen LogP contribution in [0.2, 0.25) is 0 Å². The van der Waals surface area contributed by atoms with Gasteiger partial charge >= 0.3 is 6.09 Å². The first-order valence-electron chi connectivity index (χ1n) is 9.51. The third-order valence-corrected chi connectivity index (χ3v) is 5.44. The summed E-state index contributed by atoms with van der Waals surface area (Å²) in [5, 5.41) is 0. The molecule has 3 rings (SSSR count). The van der Waals surface area contributed by atoms with Crippen LogP contribution < -0.4 is 4.90 Å². The van der Waals surface area contributed by atoms with Gasteiger partial charge in [0, 0.05) is 6.20 Å². The summed E-state index contributed by atoms with van der Waals surface area (Å²) in [6.07, 6.45) is 6.17. The highest BCUT2D eigenvalue weighted by molar-refractivity contribution is 7.71. The van der Waals surface area contributed by atoms with Gasteiger partial charge in [-0.3, -0.25) is 9.59 Å². The molecule has 0 radical (unpaired) electrons. The molecule has 1 aliphatic heterocycles. The summed E-state index contributed by atoms with van der Waals surface area (Å²) in [5.74, 6) is 0.132. The predicted molar refractivity (Wildman–Crippen MR) is 106 cm³/mol. The van der Waals surface area contributed by atoms with E-state index < -0.39 is 17.2 Å². The maximum atomic E-state index is 12.9. The average Bonchev–Trinajstić information content (AvgIpc) is 2.62. The first-order chi connectivity index (χ1) is 13.1. The molecule has 9 heteroatoms. The Kier molecular flexibility index (Phi) is 5.56. The highest BCUT2D eigenvalue weighted by atomic mass is 32.1. The van der Waals surface area contributed by atoms with E-state index in [0.29, 0.717) is 17.7 Å². The third kappa shape index (κ3) is 4.09. The van der Waals surface area contributed by atoms with Crippen LogP contribution in [0.4, 0.5) is 10.6 Å². The maximum absolute atomic E-state index is 12.9. The van der Waals surface area contributed by atoms with Crippen LogP contribution in [0.15, 0.2) is 6.20 Å². The highest BCUT2D eigenvalue weighted by Crippen LogP contribution is 2.40. The number of rotatable bonds is 2. The van der Waals surface area contributed by atoms with Gasteiger partial charge in [0.05, 0.1) is 24.2 Å². The molecule has 0 unspecified atom stereocenters. The zero-order chi connectivity index (χ0) is 20.5. The lowest BCUT2D eigenvalue weighted by molar-refractivity contribution is -0.132. The zero-order valence-corrected chi connectivity index (χ0v) is 17.3. The number of anilines is 1. The van der Waals surface area contributed by atoms with E-state index in [0.717, 1.165) is 32.1 Å². The van der Waals surface area contributed by atoms with E-state index in [1.165, 1.54) is 11.1 Å². The molecule has 0 atom stereocenters. The summed E-state index contributed by atoms with van der Waals surface area (Å²) in [4.78, 5) is 47.2. The number of carbonyl (C=O) groups is 3. The van der Waals surface area contributed by atoms with Crippen LogP contribution in [0.1, 0.15) is 63.2 Å². The topological polar surface area (TPSA) is 95.6 Å². The van der Waals surface area contributed by atoms with Crippen molar-refractivity contribution in [3.05, 3.63) is 16.5 Å². The number of piperazine rings is 1. The number of aromatic amines is 1. The molecule has 1 aromatic heterocycles. The lowest BCUT2D eigenvalue weighted by Gasteiger charge is -2.52. The Morgan fingerprint density at radius 3 is 2.61 bits per heavy atom. The van der Waals surface area contributed by atoms with Crippen molar-refractivity contribution in [2.24, 2.45) is 0 Å². The van der Waals surface area contributed by atoms with Crippen LogP contribution in [0.5, 0.6) is 0 Å². The molecule has 1 saturated carbocycles. The van der Waals surface area contributed by atoms with Gasteiger partial charge < -0.3 is 14.6 Å². The minimum atomic E-state index is -0.685. The van der Waals surface area contributed by atoms with E-state index in [9.17, 15) is 14.4 Å². The molecule has 2 amide bonds. The fourth-order valence-corrected chi connectivity index (χ4v) is 4.15. The Morgan fingerprint density at radius 2 is 2.00 bits per heavy atom. The largest absolute Gasteiger partial charge is 0.443 e. The van der Waals surface area contributed by atoms with Crippen molar-refractivity contribution in [3.8, 4) is 0 Å². The molecule has 1 saturated heterocycles. The number of H-pyrrole nitrogens is 1. The number of imide groups is 1. The minimum absolute atomic E-state index is 0.0324. The molecule has 2 fully saturated rings. The predicted octanol–water partition coefficient (Wildman–Crippen LogP) is 3.24. The van der Waals surface area contributed by atoms with Crippen molar-refractivity contribution in [1.82, 2.24) is 14.9 Å². The minimum Gasteiger partial charge on any atom is -0.443 e. The van der Waals surface area contributed by atoms with Crippen molar-refractivity contribution in [2.75, 3.05) is 18.0 Å². The van der Waals surface area contributed by atoms with Gasteiger partial charge in [-0.2, -0.15) is 0 Å². The monoisotopic (exact) mass is 406 g/mol. The van der Waals surface area contributed by atoms with Crippen molar-refractivity contribution < 1.29 is 19.1 Å². The van der Waals surface area contributed by atoms with Crippen LogP contribution in [-0.2, 0) is 9.53 Å². The van der Waals surface area contributed by atoms with Gasteiger partial charge in [0.2, 0.25) is 0 Å². The summed E-state index contributed by atoms with van der Waals surface area (Å²) in [5.41, 5.74) is -0.799. The van der Waals surface area contributed by atoms with Gasteiger partial charge in [0.25, 0.3) is 5.91 Å². The van der Waals surface area contributed by atoms with E-state index in [1.807, 2.05) is 4.90 Å². The fourth-order valence-electron chi connectivity index (χ4n) is 4.00. The van der Waals surface area contributed by atoms with Gasteiger partial charge in [-0.05, 0) is 45.8 Å². The number of amides is 2. The first-order valence-corrected chi connectivity index (χ1v) is 9.91. The number of ether oxygens (including phenoxy) is 1. The Morgan fingerprint density at radius 1 is 1.32 bits per heavy atom. The molecule has 1 aliphatic carbocycles. The van der Waals surface area contributed by atoms with Gasteiger partial charge in [-0.25, -0.2) is 14.7 Å². The molecule has 2 heterocycles. The Labute approximate surface area is 169 Å². The van der Waals surface area contributed by atoms with Crippen molar-refractivity contribution >= 4 is 36.3 Å². The SMILES string of the molecule is CC(C)(C)OC(=O)N1CC2(CCCCC2)N(c2[nH]c(=S)ncc2C=O)CC1=O. The summed E-state index contributed by atoms with van der Waals surface area (Å²) < 4.78 is 5.69. The Bertz CT molecular complexity index is 839. The van der Waals surface area contributed by atoms with Gasteiger partial charge in [0.1, 0.15) is 11.4 Å². The molecule has 152 valence electrons. The Hall–Kier alpha value is -2.29. The number of carbonyl (C=O) groups excluding carboxylic acids is 3. The summed E-state index contributed by atoms with van der Waals surface area (Å²) >= 11 is 5.14. The molecule has 0 aromatic carbocycles. The summed E-state index contributed by atoms with van der Waals surface area (Å²) in [6.45, 7) is 5.51. The number of aldehydes is 1. The van der Waals surface area contributed by atoms with Crippen molar-refractivity contribution in [3.63, 3.8) is 0 Å². The molecule has 1 N–H and O–H groups in total. The van der Waals surface area contributed by atoms with Gasteiger partial charge in [0.15, 0.2) is 11.1 Å². The highest BCUT2D eigenvalue weighted by Gasteiger charge is 2.48. The van der Waals surface area contributed by atoms with Crippen molar-refractivity contribution in [2.45, 2.75) is 64.0 Å². The summed E-state index contributed by atoms with van der Waals surface area (Å²) in [7, 11) is 0. The Balaban J connectivity index is 2.00. The number of nitrogens with one attached hydrogen (secondary N) is 1. The number of aromatic nitrogens is 2. The van der Waals surface area contributed by atoms with Gasteiger partial charge in [-0.15, -0.1) is 0 Å². The van der Waals surface area contributed by atoms with E-state index in [4.69, 9.17) is 17.0 Å². The second-order valence-corrected chi connectivity index (χ2v) is 8.83. The maximum Gasteiger partial charge on any atom is 0.417 e. The molecule has 28 heavy (non-hydrogen) atoms. The fraction of sp³-hybridized carbons (Fsp3) is 0.632. The van der Waals surface area contributed by atoms with Gasteiger partial charge in [-0.1, -0.05) is 19.3 Å². The van der Waals surface area contributed by atoms with Crippen LogP contribution in [0.25, 0.3) is 0 Å². The van der Waals surface area contributed by atoms with E-state index in [-0.39, 0.29) is 23.8 Å². The third-order valence-electron chi connectivity index (χ3n) is 5.23. The number of hydrogen-bond acceptors (Lipinski definition) is 7. The summed E-state index contributed by atoms with van der Waals surface area (Å²) in [6, 6.07) is 0. The van der Waals surface area contributed by atoms with E-state index >= 15 is 0 Å². The lowest BCUT2D eigenvalue weighted by atomic mass is 9.78. The molecule has 0 bridgehead atoms. The molecule has 2 aliphatic rings. The van der Waals surface area contributed by atoms with Crippen LogP contribution in [-0.4, -0.2) is 57.4 Å². The molecule has 1 spiro atoms. The average molecular weight is 407 g/mol. The van der Waals surface area contributed by atoms with Crippen LogP contribution in [0, 0.1) is 4.77 Å². The van der Waals surface area contributed by atoms with E-state index in [2.05, 4.69) is 9.97 Å².